The molecule has 1 amide bonds. The summed E-state index contributed by atoms with van der Waals surface area (Å²) < 4.78 is 0. The quantitative estimate of drug-likeness (QED) is 0.774. The fourth-order valence-corrected chi connectivity index (χ4v) is 1.93. The van der Waals surface area contributed by atoms with Crippen LogP contribution in [0.4, 0.5) is 5.82 Å². The molecule has 16 heavy (non-hydrogen) atoms. The van der Waals surface area contributed by atoms with Crippen molar-refractivity contribution in [3.8, 4) is 0 Å². The van der Waals surface area contributed by atoms with E-state index in [4.69, 9.17) is 11.6 Å². The van der Waals surface area contributed by atoms with Gasteiger partial charge >= 0.3 is 0 Å². The number of hydrogen-bond donors (Lipinski definition) is 2. The summed E-state index contributed by atoms with van der Waals surface area (Å²) in [5, 5.41) is 6.32. The molecule has 2 heterocycles. The van der Waals surface area contributed by atoms with Gasteiger partial charge in [-0.05, 0) is 31.5 Å². The van der Waals surface area contributed by atoms with E-state index >= 15 is 0 Å². The van der Waals surface area contributed by atoms with E-state index in [2.05, 4.69) is 15.6 Å². The van der Waals surface area contributed by atoms with Gasteiger partial charge in [0.1, 0.15) is 11.0 Å². The highest BCUT2D eigenvalue weighted by Gasteiger charge is 2.20. The maximum absolute atomic E-state index is 11.8. The lowest BCUT2D eigenvalue weighted by Gasteiger charge is -2.22. The lowest BCUT2D eigenvalue weighted by atomic mass is 10.0. The minimum absolute atomic E-state index is 0.0329. The number of rotatable bonds is 2. The largest absolute Gasteiger partial charge is 0.309 e. The maximum Gasteiger partial charge on any atom is 0.242 e. The van der Waals surface area contributed by atoms with Gasteiger partial charge in [0.05, 0.1) is 6.04 Å². The third kappa shape index (κ3) is 2.93. The first-order valence-corrected chi connectivity index (χ1v) is 5.80. The summed E-state index contributed by atoms with van der Waals surface area (Å²) in [6.45, 7) is 0.904. The molecule has 0 bridgehead atoms. The second-order valence-corrected chi connectivity index (χ2v) is 4.22. The van der Waals surface area contributed by atoms with Crippen LogP contribution in [0.25, 0.3) is 0 Å². The van der Waals surface area contributed by atoms with Crippen molar-refractivity contribution < 1.29 is 4.79 Å². The number of carbonyl (C=O) groups is 1. The monoisotopic (exact) mass is 239 g/mol. The van der Waals surface area contributed by atoms with Crippen LogP contribution in [0.15, 0.2) is 18.2 Å². The highest BCUT2D eigenvalue weighted by molar-refractivity contribution is 6.29. The number of hydrogen-bond acceptors (Lipinski definition) is 3. The Kier molecular flexibility index (Phi) is 3.74. The van der Waals surface area contributed by atoms with Crippen LogP contribution in [0.2, 0.25) is 5.15 Å². The molecule has 4 nitrogen and oxygen atoms in total. The Morgan fingerprint density at radius 1 is 1.50 bits per heavy atom. The first-order valence-electron chi connectivity index (χ1n) is 5.42. The molecule has 1 aliphatic rings. The second kappa shape index (κ2) is 5.27. The minimum atomic E-state index is -0.102. The number of amides is 1. The number of halogens is 1. The average Bonchev–Trinajstić information content (AvgIpc) is 2.30. The molecule has 0 aromatic carbocycles. The van der Waals surface area contributed by atoms with Crippen molar-refractivity contribution >= 4 is 23.3 Å². The molecule has 0 spiro atoms. The standard InChI is InChI=1S/C11H14ClN3O/c12-9-5-3-6-10(14-9)15-11(16)8-4-1-2-7-13-8/h3,5-6,8,13H,1-2,4,7H2,(H,14,15,16)/t8-/m1/s1. The molecule has 5 heteroatoms. The first kappa shape index (κ1) is 11.4. The molecule has 1 atom stereocenters. The van der Waals surface area contributed by atoms with Gasteiger partial charge in [-0.15, -0.1) is 0 Å². The Bertz CT molecular complexity index is 377. The third-order valence-electron chi connectivity index (χ3n) is 2.59. The molecular weight excluding hydrogens is 226 g/mol. The zero-order valence-corrected chi connectivity index (χ0v) is 9.63. The van der Waals surface area contributed by atoms with Gasteiger partial charge in [0.25, 0.3) is 0 Å². The normalized spacial score (nSPS) is 20.4. The van der Waals surface area contributed by atoms with Crippen LogP contribution in [0.1, 0.15) is 19.3 Å². The van der Waals surface area contributed by atoms with Crippen LogP contribution in [0.3, 0.4) is 0 Å². The van der Waals surface area contributed by atoms with Crippen molar-refractivity contribution in [2.24, 2.45) is 0 Å². The molecular formula is C11H14ClN3O. The first-order chi connectivity index (χ1) is 7.75. The third-order valence-corrected chi connectivity index (χ3v) is 2.80. The van der Waals surface area contributed by atoms with Crippen molar-refractivity contribution in [1.82, 2.24) is 10.3 Å². The van der Waals surface area contributed by atoms with Crippen LogP contribution in [-0.4, -0.2) is 23.5 Å². The van der Waals surface area contributed by atoms with Gasteiger partial charge in [0.2, 0.25) is 5.91 Å². The highest BCUT2D eigenvalue weighted by atomic mass is 35.5. The summed E-state index contributed by atoms with van der Waals surface area (Å²) in [5.74, 6) is 0.472. The average molecular weight is 240 g/mol. The van der Waals surface area contributed by atoms with Crippen LogP contribution >= 0.6 is 11.6 Å². The fraction of sp³-hybridized carbons (Fsp3) is 0.455. The Labute approximate surface area is 99.4 Å². The number of aromatic nitrogens is 1. The smallest absolute Gasteiger partial charge is 0.242 e. The molecule has 1 aromatic heterocycles. The molecule has 2 rings (SSSR count). The van der Waals surface area contributed by atoms with Crippen molar-refractivity contribution in [3.63, 3.8) is 0 Å². The van der Waals surface area contributed by atoms with Crippen molar-refractivity contribution in [2.45, 2.75) is 25.3 Å². The fourth-order valence-electron chi connectivity index (χ4n) is 1.77. The second-order valence-electron chi connectivity index (χ2n) is 3.84. The molecule has 1 saturated heterocycles. The van der Waals surface area contributed by atoms with Gasteiger partial charge in [-0.2, -0.15) is 0 Å². The lowest BCUT2D eigenvalue weighted by Crippen LogP contribution is -2.43. The van der Waals surface area contributed by atoms with E-state index in [1.807, 2.05) is 0 Å². The molecule has 1 aliphatic heterocycles. The molecule has 0 aliphatic carbocycles. The Balaban J connectivity index is 1.96. The number of nitrogens with zero attached hydrogens (tertiary/aromatic N) is 1. The van der Waals surface area contributed by atoms with Gasteiger partial charge in [0, 0.05) is 0 Å². The Morgan fingerprint density at radius 2 is 2.38 bits per heavy atom. The van der Waals surface area contributed by atoms with E-state index in [9.17, 15) is 4.79 Å². The number of nitrogens with one attached hydrogen (secondary N) is 2. The topological polar surface area (TPSA) is 54.0 Å². The Hall–Kier alpha value is -1.13. The van der Waals surface area contributed by atoms with Gasteiger partial charge in [-0.1, -0.05) is 24.1 Å². The van der Waals surface area contributed by atoms with Crippen LogP contribution in [0.5, 0.6) is 0 Å². The number of anilines is 1. The van der Waals surface area contributed by atoms with Crippen molar-refractivity contribution in [2.75, 3.05) is 11.9 Å². The van der Waals surface area contributed by atoms with Crippen LogP contribution in [0, 0.1) is 0 Å². The summed E-state index contributed by atoms with van der Waals surface area (Å²) in [6.07, 6.45) is 3.11. The number of pyridine rings is 1. The molecule has 2 N–H and O–H groups in total. The predicted molar refractivity (Wildman–Crippen MR) is 63.5 cm³/mol. The van der Waals surface area contributed by atoms with Gasteiger partial charge in [0.15, 0.2) is 0 Å². The van der Waals surface area contributed by atoms with Gasteiger partial charge in [-0.25, -0.2) is 4.98 Å². The van der Waals surface area contributed by atoms with Gasteiger partial charge in [-0.3, -0.25) is 4.79 Å². The van der Waals surface area contributed by atoms with Crippen molar-refractivity contribution in [1.29, 1.82) is 0 Å². The van der Waals surface area contributed by atoms with Crippen LogP contribution in [-0.2, 0) is 4.79 Å². The van der Waals surface area contributed by atoms with E-state index in [0.29, 0.717) is 11.0 Å². The summed E-state index contributed by atoms with van der Waals surface area (Å²) in [7, 11) is 0. The van der Waals surface area contributed by atoms with E-state index in [-0.39, 0.29) is 11.9 Å². The van der Waals surface area contributed by atoms with Crippen molar-refractivity contribution in [3.05, 3.63) is 23.4 Å². The van der Waals surface area contributed by atoms with E-state index in [1.54, 1.807) is 18.2 Å². The molecule has 1 fully saturated rings. The number of piperidine rings is 1. The van der Waals surface area contributed by atoms with E-state index in [1.165, 1.54) is 0 Å². The Morgan fingerprint density at radius 3 is 3.06 bits per heavy atom. The van der Waals surface area contributed by atoms with E-state index < -0.39 is 0 Å². The summed E-state index contributed by atoms with van der Waals surface area (Å²) in [4.78, 5) is 15.8. The maximum atomic E-state index is 11.8. The van der Waals surface area contributed by atoms with E-state index in [0.717, 1.165) is 25.8 Å². The summed E-state index contributed by atoms with van der Waals surface area (Å²) >= 11 is 5.74. The predicted octanol–water partition coefficient (Wildman–Crippen LogP) is 1.82. The molecule has 1 aromatic rings. The highest BCUT2D eigenvalue weighted by Crippen LogP contribution is 2.12. The molecule has 0 unspecified atom stereocenters. The minimum Gasteiger partial charge on any atom is -0.309 e. The molecule has 0 saturated carbocycles. The lowest BCUT2D eigenvalue weighted by molar-refractivity contribution is -0.118. The summed E-state index contributed by atoms with van der Waals surface area (Å²) in [5.41, 5.74) is 0. The SMILES string of the molecule is O=C(Nc1cccc(Cl)n1)[C@H]1CCCCN1. The van der Waals surface area contributed by atoms with Crippen LogP contribution < -0.4 is 10.6 Å². The molecule has 0 radical (unpaired) electrons. The zero-order valence-electron chi connectivity index (χ0n) is 8.87. The molecule has 86 valence electrons. The van der Waals surface area contributed by atoms with Gasteiger partial charge < -0.3 is 10.6 Å². The summed E-state index contributed by atoms with van der Waals surface area (Å²) in [6, 6.07) is 5.07. The zero-order chi connectivity index (χ0) is 11.4. The number of carbonyl (C=O) groups excluding carboxylic acids is 1.